The molecule has 60 valence electrons. The number of hydrogen-bond acceptors (Lipinski definition) is 3. The summed E-state index contributed by atoms with van der Waals surface area (Å²) < 4.78 is 0. The highest BCUT2D eigenvalue weighted by molar-refractivity contribution is 14.0. The molecular formula is C4H8INO4. The summed E-state index contributed by atoms with van der Waals surface area (Å²) >= 11 is 0. The van der Waals surface area contributed by atoms with Crippen LogP contribution >= 0.6 is 24.0 Å². The molecule has 0 fully saturated rings. The Hall–Kier alpha value is -0.370. The van der Waals surface area contributed by atoms with E-state index in [4.69, 9.17) is 15.9 Å². The van der Waals surface area contributed by atoms with E-state index in [-0.39, 0.29) is 24.0 Å². The number of rotatable bonds is 3. The van der Waals surface area contributed by atoms with Gasteiger partial charge in [-0.3, -0.25) is 9.59 Å². The molecule has 0 aliphatic rings. The second kappa shape index (κ2) is 5.42. The maximum atomic E-state index is 9.85. The molecule has 0 bridgehead atoms. The first-order valence-corrected chi connectivity index (χ1v) is 2.24. The van der Waals surface area contributed by atoms with Gasteiger partial charge in [-0.15, -0.1) is 24.0 Å². The molecule has 1 unspecified atom stereocenters. The van der Waals surface area contributed by atoms with Gasteiger partial charge in [-0.25, -0.2) is 0 Å². The van der Waals surface area contributed by atoms with Crippen molar-refractivity contribution < 1.29 is 19.8 Å². The van der Waals surface area contributed by atoms with Crippen molar-refractivity contribution in [1.82, 2.24) is 0 Å². The molecule has 1 atom stereocenters. The van der Waals surface area contributed by atoms with Crippen LogP contribution in [0.1, 0.15) is 6.42 Å². The molecule has 0 saturated carbocycles. The molecule has 0 aromatic carbocycles. The highest BCUT2D eigenvalue weighted by Crippen LogP contribution is 1.86. The molecule has 0 heterocycles. The Morgan fingerprint density at radius 2 is 1.80 bits per heavy atom. The molecule has 0 aliphatic heterocycles. The van der Waals surface area contributed by atoms with Gasteiger partial charge in [0.25, 0.3) is 0 Å². The van der Waals surface area contributed by atoms with E-state index >= 15 is 0 Å². The van der Waals surface area contributed by atoms with Gasteiger partial charge in [0.1, 0.15) is 6.04 Å². The first-order valence-electron chi connectivity index (χ1n) is 2.24. The monoisotopic (exact) mass is 261 g/mol. The fourth-order valence-corrected chi connectivity index (χ4v) is 0.275. The van der Waals surface area contributed by atoms with E-state index in [9.17, 15) is 9.59 Å². The van der Waals surface area contributed by atoms with Crippen LogP contribution in [0.3, 0.4) is 0 Å². The molecule has 0 aliphatic carbocycles. The van der Waals surface area contributed by atoms with E-state index in [0.717, 1.165) is 0 Å². The summed E-state index contributed by atoms with van der Waals surface area (Å²) in [6.07, 6.45) is -0.532. The van der Waals surface area contributed by atoms with Gasteiger partial charge in [0.05, 0.1) is 6.42 Å². The molecule has 0 amide bonds. The van der Waals surface area contributed by atoms with Gasteiger partial charge in [0.15, 0.2) is 0 Å². The molecule has 0 saturated heterocycles. The molecular weight excluding hydrogens is 253 g/mol. The average Bonchev–Trinajstić information content (AvgIpc) is 1.63. The highest BCUT2D eigenvalue weighted by Gasteiger charge is 2.14. The highest BCUT2D eigenvalue weighted by atomic mass is 127. The summed E-state index contributed by atoms with van der Waals surface area (Å²) in [5.74, 6) is -2.50. The summed E-state index contributed by atoms with van der Waals surface area (Å²) in [4.78, 5) is 19.6. The number of carboxylic acid groups (broad SMARTS) is 2. The first kappa shape index (κ1) is 12.3. The average molecular weight is 261 g/mol. The minimum atomic E-state index is -1.29. The van der Waals surface area contributed by atoms with Crippen LogP contribution in [0.5, 0.6) is 0 Å². The second-order valence-corrected chi connectivity index (χ2v) is 1.54. The van der Waals surface area contributed by atoms with E-state index in [1.54, 1.807) is 0 Å². The molecule has 5 nitrogen and oxygen atoms in total. The summed E-state index contributed by atoms with van der Waals surface area (Å²) in [5, 5.41) is 16.0. The zero-order valence-electron chi connectivity index (χ0n) is 4.98. The lowest BCUT2D eigenvalue weighted by Gasteiger charge is -1.99. The zero-order chi connectivity index (χ0) is 7.44. The Morgan fingerprint density at radius 3 is 1.90 bits per heavy atom. The Morgan fingerprint density at radius 1 is 1.40 bits per heavy atom. The molecule has 0 rings (SSSR count). The van der Waals surface area contributed by atoms with Crippen molar-refractivity contribution in [3.05, 3.63) is 0 Å². The van der Waals surface area contributed by atoms with E-state index < -0.39 is 24.4 Å². The maximum Gasteiger partial charge on any atom is 0.321 e. The number of carbonyl (C=O) groups is 2. The van der Waals surface area contributed by atoms with Crippen molar-refractivity contribution in [2.24, 2.45) is 5.73 Å². The lowest BCUT2D eigenvalue weighted by atomic mass is 10.2. The molecule has 0 aromatic rings. The Balaban J connectivity index is 0. The molecule has 0 spiro atoms. The molecule has 4 N–H and O–H groups in total. The first-order chi connectivity index (χ1) is 4.04. The Labute approximate surface area is 74.2 Å². The van der Waals surface area contributed by atoms with Crippen LogP contribution in [-0.2, 0) is 9.59 Å². The van der Waals surface area contributed by atoms with Gasteiger partial charge in [-0.1, -0.05) is 0 Å². The van der Waals surface area contributed by atoms with Gasteiger partial charge >= 0.3 is 11.9 Å². The van der Waals surface area contributed by atoms with Crippen molar-refractivity contribution in [2.45, 2.75) is 12.5 Å². The smallest absolute Gasteiger partial charge is 0.321 e. The summed E-state index contributed by atoms with van der Waals surface area (Å²) in [6, 6.07) is -1.29. The molecule has 10 heavy (non-hydrogen) atoms. The lowest BCUT2D eigenvalue weighted by molar-refractivity contribution is -0.144. The normalized spacial score (nSPS) is 11.3. The predicted octanol–water partition coefficient (Wildman–Crippen LogP) is -0.509. The predicted molar refractivity (Wildman–Crippen MR) is 43.3 cm³/mol. The zero-order valence-corrected chi connectivity index (χ0v) is 7.31. The fourth-order valence-electron chi connectivity index (χ4n) is 0.275. The van der Waals surface area contributed by atoms with Crippen LogP contribution in [0, 0.1) is 0 Å². The Bertz CT molecular complexity index is 137. The van der Waals surface area contributed by atoms with E-state index in [1.165, 1.54) is 0 Å². The van der Waals surface area contributed by atoms with Crippen LogP contribution in [0.2, 0.25) is 0 Å². The van der Waals surface area contributed by atoms with E-state index in [0.29, 0.717) is 0 Å². The van der Waals surface area contributed by atoms with Crippen molar-refractivity contribution in [3.8, 4) is 0 Å². The summed E-state index contributed by atoms with van der Waals surface area (Å²) in [5.41, 5.74) is 4.84. The second-order valence-electron chi connectivity index (χ2n) is 1.54. The summed E-state index contributed by atoms with van der Waals surface area (Å²) in [6.45, 7) is 0. The largest absolute Gasteiger partial charge is 0.481 e. The van der Waals surface area contributed by atoms with Crippen LogP contribution in [0.4, 0.5) is 0 Å². The van der Waals surface area contributed by atoms with Crippen LogP contribution in [0.15, 0.2) is 0 Å². The van der Waals surface area contributed by atoms with Crippen LogP contribution < -0.4 is 5.73 Å². The number of carboxylic acids is 2. The number of aliphatic carboxylic acids is 2. The van der Waals surface area contributed by atoms with Crippen molar-refractivity contribution in [1.29, 1.82) is 0 Å². The van der Waals surface area contributed by atoms with Crippen molar-refractivity contribution >= 4 is 35.9 Å². The van der Waals surface area contributed by atoms with Gasteiger partial charge < -0.3 is 15.9 Å². The van der Waals surface area contributed by atoms with Gasteiger partial charge in [-0.05, 0) is 0 Å². The third kappa shape index (κ3) is 5.76. The molecule has 0 radical (unpaired) electrons. The summed E-state index contributed by atoms with van der Waals surface area (Å²) in [7, 11) is 0. The maximum absolute atomic E-state index is 9.85. The molecule has 0 aromatic heterocycles. The van der Waals surface area contributed by atoms with Crippen molar-refractivity contribution in [3.63, 3.8) is 0 Å². The van der Waals surface area contributed by atoms with Crippen LogP contribution in [-0.4, -0.2) is 28.2 Å². The minimum Gasteiger partial charge on any atom is -0.481 e. The Kier molecular flexibility index (Phi) is 6.67. The quantitative estimate of drug-likeness (QED) is 0.594. The van der Waals surface area contributed by atoms with Gasteiger partial charge in [-0.2, -0.15) is 0 Å². The van der Waals surface area contributed by atoms with Gasteiger partial charge in [0.2, 0.25) is 0 Å². The van der Waals surface area contributed by atoms with Crippen LogP contribution in [0.25, 0.3) is 0 Å². The van der Waals surface area contributed by atoms with E-state index in [1.807, 2.05) is 0 Å². The van der Waals surface area contributed by atoms with Crippen molar-refractivity contribution in [2.75, 3.05) is 0 Å². The number of hydrogen-bond donors (Lipinski definition) is 3. The SMILES string of the molecule is I.NC(CC(=O)O)C(=O)O. The standard InChI is InChI=1S/C4H7NO4.HI/c5-2(4(8)9)1-3(6)7;/h2H,1,5H2,(H,6,7)(H,8,9);1H. The minimum absolute atomic E-state index is 0. The van der Waals surface area contributed by atoms with Gasteiger partial charge in [0, 0.05) is 0 Å². The lowest BCUT2D eigenvalue weighted by Crippen LogP contribution is -2.32. The third-order valence-corrected chi connectivity index (χ3v) is 0.712. The topological polar surface area (TPSA) is 101 Å². The number of nitrogens with two attached hydrogens (primary N) is 1. The fraction of sp³-hybridized carbons (Fsp3) is 0.500. The third-order valence-electron chi connectivity index (χ3n) is 0.712. The number of halogens is 1. The molecule has 6 heteroatoms. The van der Waals surface area contributed by atoms with E-state index in [2.05, 4.69) is 0 Å².